The molecule has 0 radical (unpaired) electrons. The summed E-state index contributed by atoms with van der Waals surface area (Å²) in [5.41, 5.74) is 6.95. The highest BCUT2D eigenvalue weighted by Gasteiger charge is 2.21. The number of carbonyl (C=O) groups excluding carboxylic acids is 6. The number of carboxylic acid groups (broad SMARTS) is 2. The van der Waals surface area contributed by atoms with Crippen molar-refractivity contribution in [3.63, 3.8) is 0 Å². The summed E-state index contributed by atoms with van der Waals surface area (Å²) in [6, 6.07) is 5.11. The van der Waals surface area contributed by atoms with E-state index in [2.05, 4.69) is 28.2 Å². The maximum Gasteiger partial charge on any atom is 0.326 e. The van der Waals surface area contributed by atoms with Gasteiger partial charge in [-0.15, -0.1) is 0 Å². The Morgan fingerprint density at radius 1 is 0.610 bits per heavy atom. The number of ether oxygens (including phenoxy) is 4. The van der Waals surface area contributed by atoms with Crippen LogP contribution in [0.25, 0.3) is 0 Å². The number of ketones is 2. The summed E-state index contributed by atoms with van der Waals surface area (Å²) in [6.45, 7) is 4.25. The van der Waals surface area contributed by atoms with Crippen LogP contribution in [0.4, 0.5) is 5.69 Å². The van der Waals surface area contributed by atoms with Gasteiger partial charge in [-0.2, -0.15) is 0 Å². The highest BCUT2D eigenvalue weighted by Crippen LogP contribution is 2.10. The molecule has 8 N–H and O–H groups in total. The number of amides is 4. The van der Waals surface area contributed by atoms with Crippen LogP contribution in [0.5, 0.6) is 0 Å². The zero-order valence-corrected chi connectivity index (χ0v) is 34.1. The molecule has 59 heavy (non-hydrogen) atoms. The summed E-state index contributed by atoms with van der Waals surface area (Å²) >= 11 is 0. The van der Waals surface area contributed by atoms with Crippen molar-refractivity contribution in [2.45, 2.75) is 102 Å². The lowest BCUT2D eigenvalue weighted by Gasteiger charge is -2.15. The topological polar surface area (TPSA) is 288 Å². The zero-order valence-electron chi connectivity index (χ0n) is 34.1. The van der Waals surface area contributed by atoms with Crippen LogP contribution in [0.1, 0.15) is 101 Å². The van der Waals surface area contributed by atoms with Crippen molar-refractivity contribution in [2.24, 2.45) is 5.73 Å². The molecule has 332 valence electrons. The first-order valence-electron chi connectivity index (χ1n) is 20.1. The van der Waals surface area contributed by atoms with Gasteiger partial charge >= 0.3 is 11.9 Å². The lowest BCUT2D eigenvalue weighted by atomic mass is 10.1. The number of hydrogen-bond donors (Lipinski definition) is 7. The molecule has 0 unspecified atom stereocenters. The molecular formula is C40H63N5O14. The summed E-state index contributed by atoms with van der Waals surface area (Å²) in [5, 5.41) is 28.9. The van der Waals surface area contributed by atoms with E-state index in [0.717, 1.165) is 18.7 Å². The number of anilines is 1. The molecule has 0 aliphatic heterocycles. The van der Waals surface area contributed by atoms with Crippen molar-refractivity contribution in [2.75, 3.05) is 71.3 Å². The maximum absolute atomic E-state index is 12.4. The Labute approximate surface area is 345 Å². The minimum absolute atomic E-state index is 0.0445. The molecule has 1 aromatic rings. The minimum atomic E-state index is -1.28. The monoisotopic (exact) mass is 837 g/mol. The summed E-state index contributed by atoms with van der Waals surface area (Å²) < 4.78 is 21.5. The van der Waals surface area contributed by atoms with Gasteiger partial charge < -0.3 is 56.2 Å². The van der Waals surface area contributed by atoms with Gasteiger partial charge in [0.25, 0.3) is 5.91 Å². The molecule has 0 saturated carbocycles. The van der Waals surface area contributed by atoms with Crippen LogP contribution < -0.4 is 27.0 Å². The molecule has 0 fully saturated rings. The third-order valence-electron chi connectivity index (χ3n) is 8.48. The number of hydrogen-bond acceptors (Lipinski definition) is 13. The fourth-order valence-corrected chi connectivity index (χ4v) is 5.27. The normalized spacial score (nSPS) is 11.9. The van der Waals surface area contributed by atoms with Crippen LogP contribution in [0.15, 0.2) is 24.3 Å². The van der Waals surface area contributed by atoms with E-state index in [1.54, 1.807) is 12.1 Å². The van der Waals surface area contributed by atoms with Crippen molar-refractivity contribution in [3.8, 4) is 0 Å². The fraction of sp³-hybridized carbons (Fsp3) is 0.650. The SMILES string of the molecule is CCCNc1ccc(C(=O)NCCCC[C@H](NC(=O)COCCOCCCC(=O)COCCOCCCC(=O)CC[C@H](NC(=O)CCCC(=O)O)C(=O)O)C(N)=O)cc1. The van der Waals surface area contributed by atoms with Gasteiger partial charge in [-0.25, -0.2) is 4.79 Å². The molecule has 0 aromatic heterocycles. The Bertz CT molecular complexity index is 1440. The van der Waals surface area contributed by atoms with E-state index in [-0.39, 0.29) is 109 Å². The van der Waals surface area contributed by atoms with Crippen LogP contribution in [0, 0.1) is 0 Å². The number of nitrogens with one attached hydrogen (secondary N) is 4. The number of benzene rings is 1. The van der Waals surface area contributed by atoms with Crippen molar-refractivity contribution in [1.29, 1.82) is 0 Å². The van der Waals surface area contributed by atoms with Crippen molar-refractivity contribution < 1.29 is 67.5 Å². The van der Waals surface area contributed by atoms with Crippen LogP contribution in [-0.2, 0) is 52.5 Å². The average Bonchev–Trinajstić information content (AvgIpc) is 3.19. The van der Waals surface area contributed by atoms with E-state index >= 15 is 0 Å². The van der Waals surface area contributed by atoms with Crippen LogP contribution in [-0.4, -0.2) is 135 Å². The fourth-order valence-electron chi connectivity index (χ4n) is 5.27. The Kier molecular flexibility index (Phi) is 29.0. The Morgan fingerprint density at radius 3 is 1.83 bits per heavy atom. The summed E-state index contributed by atoms with van der Waals surface area (Å²) in [5.74, 6) is -4.56. The van der Waals surface area contributed by atoms with E-state index in [9.17, 15) is 43.5 Å². The molecule has 0 saturated heterocycles. The smallest absolute Gasteiger partial charge is 0.326 e. The molecule has 0 aliphatic rings. The molecule has 1 rings (SSSR count). The van der Waals surface area contributed by atoms with Crippen molar-refractivity contribution in [3.05, 3.63) is 29.8 Å². The summed E-state index contributed by atoms with van der Waals surface area (Å²) in [6.07, 6.45) is 3.38. The van der Waals surface area contributed by atoms with Gasteiger partial charge in [0.15, 0.2) is 5.78 Å². The predicted octanol–water partition coefficient (Wildman–Crippen LogP) is 1.75. The van der Waals surface area contributed by atoms with Gasteiger partial charge in [0.1, 0.15) is 31.1 Å². The van der Waals surface area contributed by atoms with Crippen molar-refractivity contribution >= 4 is 52.8 Å². The Balaban J connectivity index is 2.02. The number of rotatable bonds is 38. The largest absolute Gasteiger partial charge is 0.481 e. The highest BCUT2D eigenvalue weighted by atomic mass is 16.5. The summed E-state index contributed by atoms with van der Waals surface area (Å²) in [4.78, 5) is 94.4. The third-order valence-corrected chi connectivity index (χ3v) is 8.48. The number of unbranched alkanes of at least 4 members (excludes halogenated alkanes) is 1. The van der Waals surface area contributed by atoms with Gasteiger partial charge in [-0.05, 0) is 75.6 Å². The number of aliphatic carboxylic acids is 2. The third kappa shape index (κ3) is 28.1. The molecule has 19 heteroatoms. The number of carboxylic acids is 2. The van der Waals surface area contributed by atoms with E-state index in [1.807, 2.05) is 12.1 Å². The summed E-state index contributed by atoms with van der Waals surface area (Å²) in [7, 11) is 0. The van der Waals surface area contributed by atoms with Crippen LogP contribution >= 0.6 is 0 Å². The number of Topliss-reactive ketones (excluding diaryl/α,β-unsaturated/α-hetero) is 2. The highest BCUT2D eigenvalue weighted by molar-refractivity contribution is 5.94. The van der Waals surface area contributed by atoms with Gasteiger partial charge in [0.05, 0.1) is 26.4 Å². The lowest BCUT2D eigenvalue weighted by Crippen LogP contribution is -2.45. The van der Waals surface area contributed by atoms with Gasteiger partial charge in [0, 0.05) is 69.7 Å². The number of nitrogens with two attached hydrogens (primary N) is 1. The lowest BCUT2D eigenvalue weighted by molar-refractivity contribution is -0.142. The average molecular weight is 838 g/mol. The molecule has 0 bridgehead atoms. The molecular weight excluding hydrogens is 774 g/mol. The molecule has 19 nitrogen and oxygen atoms in total. The predicted molar refractivity (Wildman–Crippen MR) is 215 cm³/mol. The first kappa shape index (κ1) is 52.0. The molecule has 0 heterocycles. The van der Waals surface area contributed by atoms with Gasteiger partial charge in [-0.3, -0.25) is 33.6 Å². The first-order chi connectivity index (χ1) is 28.3. The molecule has 4 amide bonds. The minimum Gasteiger partial charge on any atom is -0.481 e. The van der Waals surface area contributed by atoms with E-state index in [4.69, 9.17) is 29.8 Å². The Hall–Kier alpha value is -4.98. The second-order valence-corrected chi connectivity index (χ2v) is 13.6. The molecule has 0 aliphatic carbocycles. The second kappa shape index (κ2) is 32.9. The first-order valence-corrected chi connectivity index (χ1v) is 20.1. The van der Waals surface area contributed by atoms with Crippen LogP contribution in [0.3, 0.4) is 0 Å². The van der Waals surface area contributed by atoms with E-state index in [1.165, 1.54) is 0 Å². The Morgan fingerprint density at radius 2 is 1.22 bits per heavy atom. The second-order valence-electron chi connectivity index (χ2n) is 13.6. The zero-order chi connectivity index (χ0) is 43.7. The van der Waals surface area contributed by atoms with Crippen molar-refractivity contribution in [1.82, 2.24) is 16.0 Å². The number of primary amides is 1. The van der Waals surface area contributed by atoms with E-state index < -0.39 is 41.7 Å². The standard InChI is InChI=1S/C40H63N5O14/c1-2-19-42-30-15-13-29(14-16-30)39(53)43-20-4-3-10-33(38(41)52)44-36(49)28-59-26-24-57-22-7-9-32(47)27-58-25-23-56-21-6-8-31(46)17-18-34(40(54)55)45-35(48)11-5-12-37(50)51/h13-16,33-34,42H,2-12,17-28H2,1H3,(H2,41,52)(H,43,53)(H,44,49)(H,45,48)(H,50,51)(H,54,55)/t33-,34-/m0/s1. The van der Waals surface area contributed by atoms with Crippen LogP contribution in [0.2, 0.25) is 0 Å². The van der Waals surface area contributed by atoms with Gasteiger partial charge in [0.2, 0.25) is 17.7 Å². The quantitative estimate of drug-likeness (QED) is 0.0467. The van der Waals surface area contributed by atoms with Gasteiger partial charge in [-0.1, -0.05) is 6.92 Å². The maximum atomic E-state index is 12.4. The molecule has 1 aromatic carbocycles. The molecule has 2 atom stereocenters. The molecule has 0 spiro atoms. The van der Waals surface area contributed by atoms with E-state index in [0.29, 0.717) is 50.8 Å². The number of carbonyl (C=O) groups is 8.